The number of carbonyl (C=O) groups is 1. The predicted octanol–water partition coefficient (Wildman–Crippen LogP) is 2.98. The van der Waals surface area contributed by atoms with Gasteiger partial charge in [0.05, 0.1) is 23.9 Å². The minimum atomic E-state index is -1.28. The van der Waals surface area contributed by atoms with Crippen molar-refractivity contribution in [2.24, 2.45) is 9.98 Å². The van der Waals surface area contributed by atoms with Crippen LogP contribution in [0.25, 0.3) is 0 Å². The van der Waals surface area contributed by atoms with Gasteiger partial charge in [0.2, 0.25) is 0 Å². The van der Waals surface area contributed by atoms with Crippen LogP contribution in [0.1, 0.15) is 29.5 Å². The summed E-state index contributed by atoms with van der Waals surface area (Å²) >= 11 is 6.33. The number of rotatable bonds is 8. The number of likely N-dealkylation sites (tertiary alicyclic amines) is 1. The molecule has 3 aromatic rings. The Morgan fingerprint density at radius 3 is 2.40 bits per heavy atom. The Labute approximate surface area is 219 Å². The van der Waals surface area contributed by atoms with E-state index in [2.05, 4.69) is 14.9 Å². The molecule has 0 unspecified atom stereocenters. The normalized spacial score (nSPS) is 16.7. The molecule has 35 heavy (non-hydrogen) atoms. The van der Waals surface area contributed by atoms with Crippen molar-refractivity contribution in [1.82, 2.24) is 4.90 Å². The minimum Gasteiger partial charge on any atom is -0.861 e. The van der Waals surface area contributed by atoms with E-state index < -0.39 is 12.5 Å². The zero-order valence-corrected chi connectivity index (χ0v) is 20.6. The van der Waals surface area contributed by atoms with E-state index in [0.29, 0.717) is 28.5 Å². The maximum atomic E-state index is 13.3. The summed E-state index contributed by atoms with van der Waals surface area (Å²) in [5.74, 6) is -1.51. The van der Waals surface area contributed by atoms with E-state index >= 15 is 0 Å². The second kappa shape index (κ2) is 12.6. The fourth-order valence-electron chi connectivity index (χ4n) is 4.18. The van der Waals surface area contributed by atoms with Crippen LogP contribution in [-0.4, -0.2) is 41.6 Å². The van der Waals surface area contributed by atoms with Crippen molar-refractivity contribution < 1.29 is 31.5 Å². The summed E-state index contributed by atoms with van der Waals surface area (Å²) in [4.78, 5) is 22.0. The van der Waals surface area contributed by atoms with Gasteiger partial charge in [-0.2, -0.15) is 0 Å². The van der Waals surface area contributed by atoms with E-state index in [9.17, 15) is 15.0 Å². The van der Waals surface area contributed by atoms with E-state index in [1.165, 1.54) is 0 Å². The first-order valence-electron chi connectivity index (χ1n) is 11.1. The number of para-hydroxylation sites is 1. The molecule has 1 aliphatic rings. The maximum Gasteiger partial charge on any atom is 2.00 e. The number of hydrogen-bond donors (Lipinski definition) is 0. The van der Waals surface area contributed by atoms with Crippen LogP contribution in [0.2, 0.25) is 5.02 Å². The summed E-state index contributed by atoms with van der Waals surface area (Å²) in [6.45, 7) is 0.886. The summed E-state index contributed by atoms with van der Waals surface area (Å²) in [5, 5.41) is 25.1. The molecule has 1 fully saturated rings. The molecule has 182 valence electrons. The Kier molecular flexibility index (Phi) is 9.61. The summed E-state index contributed by atoms with van der Waals surface area (Å²) in [6, 6.07) is 23.7. The van der Waals surface area contributed by atoms with E-state index in [1.807, 2.05) is 60.7 Å². The number of aliphatic imine (C=N–C) groups is 2. The summed E-state index contributed by atoms with van der Waals surface area (Å²) in [7, 11) is 0. The molecular weight excluding hydrogens is 508 g/mol. The summed E-state index contributed by atoms with van der Waals surface area (Å²) in [5.41, 5.74) is 3.22. The molecule has 0 bridgehead atoms. The molecule has 4 rings (SSSR count). The second-order valence-corrected chi connectivity index (χ2v) is 8.50. The van der Waals surface area contributed by atoms with Crippen molar-refractivity contribution in [3.8, 4) is 0 Å². The number of carboxylic acids is 1. The molecule has 0 spiro atoms. The number of carboxylic acid groups (broad SMARTS) is 1. The van der Waals surface area contributed by atoms with Gasteiger partial charge in [-0.1, -0.05) is 78.3 Å². The predicted molar refractivity (Wildman–Crippen MR) is 130 cm³/mol. The zero-order chi connectivity index (χ0) is 23.9. The average molecular weight is 533 g/mol. The van der Waals surface area contributed by atoms with Gasteiger partial charge >= 0.3 is 16.5 Å². The molecule has 8 heteroatoms. The monoisotopic (exact) mass is 531 g/mol. The molecule has 3 aromatic carbocycles. The number of halogens is 1. The van der Waals surface area contributed by atoms with Crippen LogP contribution in [0.4, 0.5) is 5.69 Å². The van der Waals surface area contributed by atoms with E-state index in [0.717, 1.165) is 30.5 Å². The first-order chi connectivity index (χ1) is 16.5. The number of hydrogen-bond acceptors (Lipinski definition) is 6. The number of benzene rings is 3. The number of aliphatic carboxylic acids is 1. The molecule has 0 saturated carbocycles. The van der Waals surface area contributed by atoms with Crippen LogP contribution in [0.3, 0.4) is 0 Å². The standard InChI is InChI=1S/C27H26ClN3O3.Ni/c28-22-13-6-4-11-20(22)18-31-16-8-15-24(31)27(34)30-23-14-7-5-12-21(23)26(29-17-25(32)33)19-9-2-1-3-10-19;/h1-7,9-14,24H,8,15-18H2,(H,30,34)(H,32,33);/q;+2/p-2/t24-;/m0./s1. The maximum absolute atomic E-state index is 13.3. The van der Waals surface area contributed by atoms with Gasteiger partial charge in [-0.05, 0) is 43.0 Å². The first-order valence-corrected chi connectivity index (χ1v) is 11.5. The fourth-order valence-corrected chi connectivity index (χ4v) is 4.37. The quantitative estimate of drug-likeness (QED) is 0.253. The molecule has 1 saturated heterocycles. The molecule has 1 atom stereocenters. The summed E-state index contributed by atoms with van der Waals surface area (Å²) in [6.07, 6.45) is 1.62. The van der Waals surface area contributed by atoms with Crippen LogP contribution < -0.4 is 10.2 Å². The van der Waals surface area contributed by atoms with Crippen LogP contribution in [0, 0.1) is 0 Å². The van der Waals surface area contributed by atoms with Crippen LogP contribution in [0.5, 0.6) is 0 Å². The van der Waals surface area contributed by atoms with Crippen molar-refractivity contribution in [2.75, 3.05) is 13.1 Å². The largest absolute Gasteiger partial charge is 2.00 e. The third kappa shape index (κ3) is 6.79. The Bertz CT molecular complexity index is 1220. The Morgan fingerprint density at radius 1 is 0.971 bits per heavy atom. The average Bonchev–Trinajstić information content (AvgIpc) is 3.30. The SMILES string of the molecule is O=C([O-])CN=C(c1ccccc1)c1ccccc1N=C([O-])[C@@H]1CCCN1Cc1ccccc1Cl.[Ni+2]. The van der Waals surface area contributed by atoms with Crippen molar-refractivity contribution in [2.45, 2.75) is 25.4 Å². The van der Waals surface area contributed by atoms with Crippen molar-refractivity contribution >= 4 is 34.9 Å². The summed E-state index contributed by atoms with van der Waals surface area (Å²) < 4.78 is 0. The minimum absolute atomic E-state index is 0. The van der Waals surface area contributed by atoms with Gasteiger partial charge in [0, 0.05) is 28.7 Å². The Morgan fingerprint density at radius 2 is 1.66 bits per heavy atom. The van der Waals surface area contributed by atoms with Crippen LogP contribution in [-0.2, 0) is 27.8 Å². The van der Waals surface area contributed by atoms with Gasteiger partial charge in [0.25, 0.3) is 0 Å². The zero-order valence-electron chi connectivity index (χ0n) is 18.9. The molecule has 0 aliphatic carbocycles. The smallest absolute Gasteiger partial charge is 0.861 e. The molecule has 6 nitrogen and oxygen atoms in total. The second-order valence-electron chi connectivity index (χ2n) is 8.09. The van der Waals surface area contributed by atoms with Gasteiger partial charge in [0.15, 0.2) is 0 Å². The Balaban J connectivity index is 0.00000342. The topological polar surface area (TPSA) is 91.1 Å². The third-order valence-electron chi connectivity index (χ3n) is 5.78. The number of nitrogens with zero attached hydrogens (tertiary/aromatic N) is 3. The van der Waals surface area contributed by atoms with E-state index in [-0.39, 0.29) is 28.4 Å². The molecule has 0 N–H and O–H groups in total. The molecule has 0 amide bonds. The van der Waals surface area contributed by atoms with E-state index in [1.54, 1.807) is 18.2 Å². The molecular formula is C27H24ClN3NiO3. The van der Waals surface area contributed by atoms with Gasteiger partial charge in [-0.15, -0.1) is 0 Å². The van der Waals surface area contributed by atoms with Crippen LogP contribution in [0.15, 0.2) is 88.8 Å². The van der Waals surface area contributed by atoms with E-state index in [4.69, 9.17) is 11.6 Å². The van der Waals surface area contributed by atoms with Gasteiger partial charge in [-0.25, -0.2) is 0 Å². The van der Waals surface area contributed by atoms with Gasteiger partial charge in [-0.3, -0.25) is 14.9 Å². The van der Waals surface area contributed by atoms with Crippen LogP contribution >= 0.6 is 11.6 Å². The van der Waals surface area contributed by atoms with Crippen molar-refractivity contribution in [3.05, 3.63) is 101 Å². The Hall–Kier alpha value is -2.99. The number of carbonyl (C=O) groups excluding carboxylic acids is 1. The fraction of sp³-hybridized carbons (Fsp3) is 0.222. The first kappa shape index (κ1) is 26.6. The van der Waals surface area contributed by atoms with Gasteiger partial charge < -0.3 is 15.0 Å². The van der Waals surface area contributed by atoms with Crippen molar-refractivity contribution in [3.63, 3.8) is 0 Å². The van der Waals surface area contributed by atoms with Gasteiger partial charge in [0.1, 0.15) is 0 Å². The molecule has 0 aromatic heterocycles. The third-order valence-corrected chi connectivity index (χ3v) is 6.15. The molecule has 1 heterocycles. The molecule has 0 radical (unpaired) electrons. The molecule has 1 aliphatic heterocycles. The van der Waals surface area contributed by atoms with Crippen molar-refractivity contribution in [1.29, 1.82) is 0 Å².